The molecule has 1 heterocycles. The number of alkyl carbamates (subject to hydrolysis) is 1. The van der Waals surface area contributed by atoms with E-state index in [1.54, 1.807) is 27.7 Å². The maximum Gasteiger partial charge on any atom is 0.515 e. The van der Waals surface area contributed by atoms with E-state index in [0.717, 1.165) is 0 Å². The van der Waals surface area contributed by atoms with Crippen molar-refractivity contribution in [3.8, 4) is 5.88 Å². The molecule has 0 saturated heterocycles. The average molecular weight is 286 g/mol. The second-order valence-corrected chi connectivity index (χ2v) is 4.77. The summed E-state index contributed by atoms with van der Waals surface area (Å²) in [5.74, 6) is 0.277. The molecule has 1 N–H and O–H groups in total. The molecular weight excluding hydrogens is 268 g/mol. The summed E-state index contributed by atoms with van der Waals surface area (Å²) in [6.07, 6.45) is -1.45. The molecule has 112 valence electrons. The Hall–Kier alpha value is -2.25. The monoisotopic (exact) mass is 286 g/mol. The SMILES string of the molecule is CCOC(=O)Oc1cc(CNC(=O)OC(C)(C)C)on1. The molecule has 1 aromatic heterocycles. The smallest absolute Gasteiger partial charge is 0.444 e. The fraction of sp³-hybridized carbons (Fsp3) is 0.583. The van der Waals surface area contributed by atoms with E-state index in [1.165, 1.54) is 6.07 Å². The van der Waals surface area contributed by atoms with Crippen LogP contribution in [0.15, 0.2) is 10.6 Å². The highest BCUT2D eigenvalue weighted by Crippen LogP contribution is 2.12. The number of nitrogens with one attached hydrogen (secondary N) is 1. The third kappa shape index (κ3) is 6.07. The molecule has 0 aliphatic heterocycles. The molecule has 0 fully saturated rings. The topological polar surface area (TPSA) is 99.9 Å². The van der Waals surface area contributed by atoms with Gasteiger partial charge in [-0.05, 0) is 32.9 Å². The van der Waals surface area contributed by atoms with Gasteiger partial charge in [-0.15, -0.1) is 0 Å². The normalized spacial score (nSPS) is 10.8. The van der Waals surface area contributed by atoms with Gasteiger partial charge in [-0.25, -0.2) is 9.59 Å². The standard InChI is InChI=1S/C12H18N2O6/c1-5-17-11(16)18-9-6-8(20-14-9)7-13-10(15)19-12(2,3)4/h6H,5,7H2,1-4H3,(H,13,15). The lowest BCUT2D eigenvalue weighted by molar-refractivity contribution is 0.0518. The first-order valence-corrected chi connectivity index (χ1v) is 6.07. The molecule has 0 atom stereocenters. The van der Waals surface area contributed by atoms with Crippen molar-refractivity contribution in [2.75, 3.05) is 6.61 Å². The Labute approximate surface area is 116 Å². The lowest BCUT2D eigenvalue weighted by Crippen LogP contribution is -2.32. The van der Waals surface area contributed by atoms with E-state index >= 15 is 0 Å². The maximum absolute atomic E-state index is 11.4. The molecule has 20 heavy (non-hydrogen) atoms. The van der Waals surface area contributed by atoms with Gasteiger partial charge in [0.2, 0.25) is 0 Å². The predicted molar refractivity (Wildman–Crippen MR) is 67.2 cm³/mol. The van der Waals surface area contributed by atoms with Crippen LogP contribution in [0, 0.1) is 0 Å². The van der Waals surface area contributed by atoms with E-state index in [1.807, 2.05) is 0 Å². The summed E-state index contributed by atoms with van der Waals surface area (Å²) in [6.45, 7) is 7.18. The van der Waals surface area contributed by atoms with Crippen LogP contribution in [0.3, 0.4) is 0 Å². The first kappa shape index (κ1) is 15.8. The van der Waals surface area contributed by atoms with E-state index in [4.69, 9.17) is 14.0 Å². The first-order valence-electron chi connectivity index (χ1n) is 6.07. The maximum atomic E-state index is 11.4. The molecule has 8 nitrogen and oxygen atoms in total. The van der Waals surface area contributed by atoms with Crippen LogP contribution in [-0.2, 0) is 16.0 Å². The van der Waals surface area contributed by atoms with E-state index < -0.39 is 17.8 Å². The van der Waals surface area contributed by atoms with Crippen molar-refractivity contribution < 1.29 is 28.3 Å². The van der Waals surface area contributed by atoms with Gasteiger partial charge in [-0.1, -0.05) is 0 Å². The largest absolute Gasteiger partial charge is 0.515 e. The minimum Gasteiger partial charge on any atom is -0.444 e. The summed E-state index contributed by atoms with van der Waals surface area (Å²) in [6, 6.07) is 1.37. The van der Waals surface area contributed by atoms with Gasteiger partial charge in [0.15, 0.2) is 5.76 Å². The molecule has 8 heteroatoms. The molecule has 0 radical (unpaired) electrons. The zero-order chi connectivity index (χ0) is 15.2. The average Bonchev–Trinajstić information content (AvgIpc) is 2.72. The highest BCUT2D eigenvalue weighted by molar-refractivity contribution is 5.67. The number of rotatable bonds is 4. The Morgan fingerprint density at radius 3 is 2.70 bits per heavy atom. The van der Waals surface area contributed by atoms with E-state index in [0.29, 0.717) is 5.76 Å². The van der Waals surface area contributed by atoms with Crippen LogP contribution in [0.2, 0.25) is 0 Å². The number of hydrogen-bond acceptors (Lipinski definition) is 7. The van der Waals surface area contributed by atoms with Crippen LogP contribution >= 0.6 is 0 Å². The van der Waals surface area contributed by atoms with Crippen LogP contribution in [0.25, 0.3) is 0 Å². The Balaban J connectivity index is 2.41. The number of aromatic nitrogens is 1. The Kier molecular flexibility index (Phi) is 5.36. The van der Waals surface area contributed by atoms with E-state index in [-0.39, 0.29) is 19.0 Å². The second-order valence-electron chi connectivity index (χ2n) is 4.77. The third-order valence-electron chi connectivity index (χ3n) is 1.79. The fourth-order valence-electron chi connectivity index (χ4n) is 1.13. The second kappa shape index (κ2) is 6.78. The van der Waals surface area contributed by atoms with Crippen LogP contribution in [0.1, 0.15) is 33.5 Å². The number of ether oxygens (including phenoxy) is 3. The van der Waals surface area contributed by atoms with Gasteiger partial charge in [0, 0.05) is 6.07 Å². The van der Waals surface area contributed by atoms with Gasteiger partial charge >= 0.3 is 12.2 Å². The Morgan fingerprint density at radius 1 is 1.40 bits per heavy atom. The van der Waals surface area contributed by atoms with Crippen LogP contribution < -0.4 is 10.1 Å². The molecule has 0 aliphatic rings. The minimum absolute atomic E-state index is 0.0376. The minimum atomic E-state index is -0.868. The number of amides is 1. The third-order valence-corrected chi connectivity index (χ3v) is 1.79. The van der Waals surface area contributed by atoms with Gasteiger partial charge in [-0.3, -0.25) is 0 Å². The molecule has 0 spiro atoms. The quantitative estimate of drug-likeness (QED) is 0.847. The molecule has 1 rings (SSSR count). The van der Waals surface area contributed by atoms with Crippen molar-refractivity contribution in [2.24, 2.45) is 0 Å². The van der Waals surface area contributed by atoms with Gasteiger partial charge in [-0.2, -0.15) is 0 Å². The zero-order valence-electron chi connectivity index (χ0n) is 11.9. The van der Waals surface area contributed by atoms with Gasteiger partial charge in [0.25, 0.3) is 5.88 Å². The molecule has 1 aromatic rings. The summed E-state index contributed by atoms with van der Waals surface area (Å²) in [4.78, 5) is 22.4. The number of nitrogens with zero attached hydrogens (tertiary/aromatic N) is 1. The summed E-state index contributed by atoms with van der Waals surface area (Å²) in [5, 5.41) is 5.98. The molecule has 0 aliphatic carbocycles. The zero-order valence-corrected chi connectivity index (χ0v) is 11.9. The number of carbonyl (C=O) groups excluding carboxylic acids is 2. The first-order chi connectivity index (χ1) is 9.30. The number of hydrogen-bond donors (Lipinski definition) is 1. The van der Waals surface area contributed by atoms with Crippen LogP contribution in [0.5, 0.6) is 5.88 Å². The van der Waals surface area contributed by atoms with Crippen molar-refractivity contribution in [1.29, 1.82) is 0 Å². The lowest BCUT2D eigenvalue weighted by atomic mass is 10.2. The molecule has 0 bridgehead atoms. The predicted octanol–water partition coefficient (Wildman–Crippen LogP) is 2.23. The lowest BCUT2D eigenvalue weighted by Gasteiger charge is -2.19. The number of carbonyl (C=O) groups is 2. The van der Waals surface area contributed by atoms with Crippen LogP contribution in [-0.4, -0.2) is 29.6 Å². The Morgan fingerprint density at radius 2 is 2.10 bits per heavy atom. The van der Waals surface area contributed by atoms with Crippen molar-refractivity contribution in [3.63, 3.8) is 0 Å². The molecular formula is C12H18N2O6. The van der Waals surface area contributed by atoms with Gasteiger partial charge in [0.05, 0.1) is 13.2 Å². The molecule has 0 saturated carbocycles. The van der Waals surface area contributed by atoms with Gasteiger partial charge in [0.1, 0.15) is 5.60 Å². The summed E-state index contributed by atoms with van der Waals surface area (Å²) in [7, 11) is 0. The van der Waals surface area contributed by atoms with E-state index in [2.05, 4.69) is 15.2 Å². The van der Waals surface area contributed by atoms with Gasteiger partial charge < -0.3 is 24.1 Å². The van der Waals surface area contributed by atoms with E-state index in [9.17, 15) is 9.59 Å². The summed E-state index contributed by atoms with van der Waals surface area (Å²) >= 11 is 0. The Bertz CT molecular complexity index is 463. The van der Waals surface area contributed by atoms with Crippen LogP contribution in [0.4, 0.5) is 9.59 Å². The molecule has 1 amide bonds. The molecule has 0 aromatic carbocycles. The highest BCUT2D eigenvalue weighted by atomic mass is 16.7. The van der Waals surface area contributed by atoms with Crippen molar-refractivity contribution in [3.05, 3.63) is 11.8 Å². The molecule has 0 unspecified atom stereocenters. The van der Waals surface area contributed by atoms with Crippen molar-refractivity contribution >= 4 is 12.2 Å². The summed E-state index contributed by atoms with van der Waals surface area (Å²) in [5.41, 5.74) is -0.580. The fourth-order valence-corrected chi connectivity index (χ4v) is 1.13. The summed E-state index contributed by atoms with van der Waals surface area (Å²) < 4.78 is 19.2. The highest BCUT2D eigenvalue weighted by Gasteiger charge is 2.17. The van der Waals surface area contributed by atoms with Crippen molar-refractivity contribution in [2.45, 2.75) is 39.8 Å². The van der Waals surface area contributed by atoms with Crippen molar-refractivity contribution in [1.82, 2.24) is 10.5 Å².